The highest BCUT2D eigenvalue weighted by molar-refractivity contribution is 6.31. The average molecular weight is 390 g/mol. The molecule has 0 radical (unpaired) electrons. The lowest BCUT2D eigenvalue weighted by atomic mass is 10.1. The van der Waals surface area contributed by atoms with E-state index in [9.17, 15) is 0 Å². The number of guanidine groups is 1. The van der Waals surface area contributed by atoms with Crippen molar-refractivity contribution in [3.05, 3.63) is 46.7 Å². The number of methoxy groups -OCH3 is 1. The predicted octanol–water partition coefficient (Wildman–Crippen LogP) is 3.57. The largest absolute Gasteiger partial charge is 0.497 e. The summed E-state index contributed by atoms with van der Waals surface area (Å²) < 4.78 is 7.30. The van der Waals surface area contributed by atoms with Crippen LogP contribution in [0.1, 0.15) is 43.0 Å². The van der Waals surface area contributed by atoms with Crippen molar-refractivity contribution in [1.29, 1.82) is 0 Å². The number of rotatable bonds is 7. The summed E-state index contributed by atoms with van der Waals surface area (Å²) in [7, 11) is 3.41. The van der Waals surface area contributed by atoms with Crippen molar-refractivity contribution in [3.8, 4) is 5.75 Å². The summed E-state index contributed by atoms with van der Waals surface area (Å²) in [5, 5.41) is 12.1. The van der Waals surface area contributed by atoms with Gasteiger partial charge in [0.15, 0.2) is 5.96 Å². The number of hydrogen-bond acceptors (Lipinski definition) is 3. The maximum atomic E-state index is 6.29. The minimum atomic E-state index is 0.574. The molecule has 1 aliphatic rings. The Kier molecular flexibility index (Phi) is 6.98. The average Bonchev–Trinajstić information content (AvgIpc) is 3.37. The fourth-order valence-electron chi connectivity index (χ4n) is 3.41. The highest BCUT2D eigenvalue weighted by atomic mass is 35.5. The second kappa shape index (κ2) is 9.65. The minimum Gasteiger partial charge on any atom is -0.497 e. The molecular formula is C20H28ClN5O. The lowest BCUT2D eigenvalue weighted by Crippen LogP contribution is -2.38. The molecule has 1 saturated carbocycles. The first-order valence-electron chi connectivity index (χ1n) is 9.50. The van der Waals surface area contributed by atoms with E-state index in [4.69, 9.17) is 21.4 Å². The van der Waals surface area contributed by atoms with Crippen LogP contribution in [0.25, 0.3) is 0 Å². The van der Waals surface area contributed by atoms with Crippen molar-refractivity contribution in [1.82, 2.24) is 20.4 Å². The van der Waals surface area contributed by atoms with Gasteiger partial charge in [0.2, 0.25) is 0 Å². The molecule has 146 valence electrons. The Hall–Kier alpha value is -2.21. The summed E-state index contributed by atoms with van der Waals surface area (Å²) in [4.78, 5) is 4.28. The van der Waals surface area contributed by atoms with E-state index in [2.05, 4.69) is 32.6 Å². The Morgan fingerprint density at radius 3 is 2.81 bits per heavy atom. The van der Waals surface area contributed by atoms with Crippen LogP contribution in [0.3, 0.4) is 0 Å². The van der Waals surface area contributed by atoms with E-state index in [1.54, 1.807) is 14.2 Å². The van der Waals surface area contributed by atoms with Crippen molar-refractivity contribution in [2.24, 2.45) is 4.99 Å². The Morgan fingerprint density at radius 2 is 2.11 bits per heavy atom. The first-order chi connectivity index (χ1) is 13.2. The molecule has 1 aromatic heterocycles. The second-order valence-corrected chi connectivity index (χ2v) is 7.19. The molecule has 1 aromatic carbocycles. The fourth-order valence-corrected chi connectivity index (χ4v) is 3.68. The van der Waals surface area contributed by atoms with E-state index >= 15 is 0 Å². The van der Waals surface area contributed by atoms with Crippen LogP contribution in [0, 0.1) is 0 Å². The third-order valence-corrected chi connectivity index (χ3v) is 5.32. The molecule has 1 aliphatic carbocycles. The summed E-state index contributed by atoms with van der Waals surface area (Å²) in [6, 6.07) is 8.41. The summed E-state index contributed by atoms with van der Waals surface area (Å²) in [6.07, 6.45) is 8.01. The number of halogens is 1. The van der Waals surface area contributed by atoms with Crippen molar-refractivity contribution < 1.29 is 4.74 Å². The molecule has 1 heterocycles. The van der Waals surface area contributed by atoms with Gasteiger partial charge in [0.1, 0.15) is 5.75 Å². The van der Waals surface area contributed by atoms with Crippen LogP contribution < -0.4 is 15.4 Å². The molecule has 3 rings (SSSR count). The Balaban J connectivity index is 1.44. The van der Waals surface area contributed by atoms with Gasteiger partial charge in [0.25, 0.3) is 0 Å². The summed E-state index contributed by atoms with van der Waals surface area (Å²) in [5.41, 5.74) is 2.11. The molecule has 0 bridgehead atoms. The second-order valence-electron chi connectivity index (χ2n) is 6.79. The fraction of sp³-hybridized carbons (Fsp3) is 0.500. The van der Waals surface area contributed by atoms with E-state index < -0.39 is 0 Å². The zero-order chi connectivity index (χ0) is 19.1. The van der Waals surface area contributed by atoms with Crippen LogP contribution >= 0.6 is 11.6 Å². The third kappa shape index (κ3) is 5.39. The van der Waals surface area contributed by atoms with Crippen LogP contribution in [0.4, 0.5) is 0 Å². The molecule has 27 heavy (non-hydrogen) atoms. The third-order valence-electron chi connectivity index (χ3n) is 4.97. The SMILES string of the molecule is CN=C(NCCc1ccc(OC)cc1Cl)NCc1ccn(C2CCCC2)n1. The van der Waals surface area contributed by atoms with Crippen LogP contribution in [0.2, 0.25) is 5.02 Å². The van der Waals surface area contributed by atoms with Crippen molar-refractivity contribution >= 4 is 17.6 Å². The summed E-state index contributed by atoms with van der Waals surface area (Å²) in [6.45, 7) is 1.39. The van der Waals surface area contributed by atoms with Gasteiger partial charge in [0.05, 0.1) is 25.4 Å². The van der Waals surface area contributed by atoms with Crippen LogP contribution in [-0.2, 0) is 13.0 Å². The molecule has 7 heteroatoms. The molecule has 0 amide bonds. The van der Waals surface area contributed by atoms with Gasteiger partial charge in [-0.2, -0.15) is 5.10 Å². The predicted molar refractivity (Wildman–Crippen MR) is 110 cm³/mol. The first kappa shape index (κ1) is 19.5. The minimum absolute atomic E-state index is 0.574. The lowest BCUT2D eigenvalue weighted by molar-refractivity contribution is 0.414. The number of nitrogens with one attached hydrogen (secondary N) is 2. The molecule has 0 atom stereocenters. The Bertz CT molecular complexity index is 767. The van der Waals surface area contributed by atoms with E-state index in [0.717, 1.165) is 41.0 Å². The molecule has 2 aromatic rings. The zero-order valence-corrected chi connectivity index (χ0v) is 16.8. The molecule has 0 spiro atoms. The highest BCUT2D eigenvalue weighted by Gasteiger charge is 2.17. The van der Waals surface area contributed by atoms with Gasteiger partial charge >= 0.3 is 0 Å². The van der Waals surface area contributed by atoms with Crippen molar-refractivity contribution in [3.63, 3.8) is 0 Å². The normalized spacial score (nSPS) is 15.1. The van der Waals surface area contributed by atoms with Gasteiger partial charge in [0, 0.05) is 24.8 Å². The van der Waals surface area contributed by atoms with E-state index in [1.807, 2.05) is 18.2 Å². The quantitative estimate of drug-likeness (QED) is 0.561. The van der Waals surface area contributed by atoms with Gasteiger partial charge < -0.3 is 15.4 Å². The lowest BCUT2D eigenvalue weighted by Gasteiger charge is -2.12. The van der Waals surface area contributed by atoms with Crippen LogP contribution in [0.5, 0.6) is 5.75 Å². The Labute approximate surface area is 166 Å². The number of hydrogen-bond donors (Lipinski definition) is 2. The smallest absolute Gasteiger partial charge is 0.191 e. The van der Waals surface area contributed by atoms with Crippen molar-refractivity contribution in [2.45, 2.75) is 44.7 Å². The zero-order valence-electron chi connectivity index (χ0n) is 16.0. The topological polar surface area (TPSA) is 63.5 Å². The number of ether oxygens (including phenoxy) is 1. The molecular weight excluding hydrogens is 362 g/mol. The van der Waals surface area contributed by atoms with Crippen LogP contribution in [-0.4, -0.2) is 36.4 Å². The molecule has 2 N–H and O–H groups in total. The number of aliphatic imine (C=N–C) groups is 1. The number of benzene rings is 1. The summed E-state index contributed by atoms with van der Waals surface area (Å²) in [5.74, 6) is 1.53. The molecule has 0 saturated heterocycles. The number of aromatic nitrogens is 2. The highest BCUT2D eigenvalue weighted by Crippen LogP contribution is 2.28. The van der Waals surface area contributed by atoms with E-state index in [0.29, 0.717) is 12.6 Å². The molecule has 1 fully saturated rings. The van der Waals surface area contributed by atoms with Gasteiger partial charge in [-0.15, -0.1) is 0 Å². The monoisotopic (exact) mass is 389 g/mol. The standard InChI is InChI=1S/C20H28ClN5O/c1-22-20(23-11-9-15-7-8-18(27-2)13-19(15)21)24-14-16-10-12-26(25-16)17-5-3-4-6-17/h7-8,10,12-13,17H,3-6,9,11,14H2,1-2H3,(H2,22,23,24). The van der Waals surface area contributed by atoms with Gasteiger partial charge in [-0.25, -0.2) is 0 Å². The maximum absolute atomic E-state index is 6.29. The van der Waals surface area contributed by atoms with E-state index in [1.165, 1.54) is 25.7 Å². The van der Waals surface area contributed by atoms with Gasteiger partial charge in [-0.05, 0) is 43.0 Å². The van der Waals surface area contributed by atoms with E-state index in [-0.39, 0.29) is 0 Å². The first-order valence-corrected chi connectivity index (χ1v) is 9.88. The molecule has 0 aliphatic heterocycles. The molecule has 0 unspecified atom stereocenters. The van der Waals surface area contributed by atoms with Gasteiger partial charge in [-0.3, -0.25) is 9.67 Å². The van der Waals surface area contributed by atoms with Gasteiger partial charge in [-0.1, -0.05) is 30.5 Å². The summed E-state index contributed by atoms with van der Waals surface area (Å²) >= 11 is 6.29. The number of nitrogens with zero attached hydrogens (tertiary/aromatic N) is 3. The maximum Gasteiger partial charge on any atom is 0.191 e. The van der Waals surface area contributed by atoms with Crippen molar-refractivity contribution in [2.75, 3.05) is 20.7 Å². The van der Waals surface area contributed by atoms with Crippen LogP contribution in [0.15, 0.2) is 35.5 Å². The Morgan fingerprint density at radius 1 is 1.30 bits per heavy atom. The molecule has 6 nitrogen and oxygen atoms in total.